The molecule has 0 spiro atoms. The molecule has 1 fully saturated rings. The van der Waals surface area contributed by atoms with Crippen LogP contribution in [-0.2, 0) is 0 Å². The van der Waals surface area contributed by atoms with Crippen molar-refractivity contribution in [2.75, 3.05) is 38.2 Å². The number of aromatic nitrogens is 1. The van der Waals surface area contributed by atoms with Crippen LogP contribution in [0.3, 0.4) is 0 Å². The number of anilines is 1. The fourth-order valence-corrected chi connectivity index (χ4v) is 4.05. The van der Waals surface area contributed by atoms with E-state index in [9.17, 15) is 4.79 Å². The van der Waals surface area contributed by atoms with E-state index in [4.69, 9.17) is 9.72 Å². The number of thiazole rings is 1. The van der Waals surface area contributed by atoms with Gasteiger partial charge in [-0.1, -0.05) is 29.5 Å². The summed E-state index contributed by atoms with van der Waals surface area (Å²) in [5.74, 6) is 0.766. The molecule has 0 radical (unpaired) electrons. The van der Waals surface area contributed by atoms with Gasteiger partial charge in [0.1, 0.15) is 5.75 Å². The van der Waals surface area contributed by atoms with Gasteiger partial charge in [-0.15, -0.1) is 0 Å². The third-order valence-corrected chi connectivity index (χ3v) is 5.53. The Labute approximate surface area is 150 Å². The van der Waals surface area contributed by atoms with E-state index in [0.29, 0.717) is 24.4 Å². The first-order valence-corrected chi connectivity index (χ1v) is 9.10. The summed E-state index contributed by atoms with van der Waals surface area (Å²) in [6, 6.07) is 15.5. The summed E-state index contributed by atoms with van der Waals surface area (Å²) in [6.45, 7) is 3.00. The quantitative estimate of drug-likeness (QED) is 0.725. The van der Waals surface area contributed by atoms with E-state index in [1.807, 2.05) is 41.3 Å². The summed E-state index contributed by atoms with van der Waals surface area (Å²) in [4.78, 5) is 21.6. The third-order valence-electron chi connectivity index (χ3n) is 4.44. The van der Waals surface area contributed by atoms with Crippen LogP contribution in [0.4, 0.5) is 5.13 Å². The Kier molecular flexibility index (Phi) is 4.28. The van der Waals surface area contributed by atoms with Crippen LogP contribution in [0.2, 0.25) is 0 Å². The van der Waals surface area contributed by atoms with E-state index in [1.54, 1.807) is 24.5 Å². The average molecular weight is 353 g/mol. The molecule has 1 amide bonds. The summed E-state index contributed by atoms with van der Waals surface area (Å²) in [5, 5.41) is 1.04. The zero-order valence-electron chi connectivity index (χ0n) is 14.0. The molecular weight excluding hydrogens is 334 g/mol. The first kappa shape index (κ1) is 15.9. The summed E-state index contributed by atoms with van der Waals surface area (Å²) in [5.41, 5.74) is 1.71. The van der Waals surface area contributed by atoms with E-state index in [1.165, 1.54) is 4.70 Å². The number of hydrogen-bond donors (Lipinski definition) is 0. The SMILES string of the molecule is COc1cccc(C(=O)N2CCN(c3nc4ccccc4s3)CC2)c1. The highest BCUT2D eigenvalue weighted by Crippen LogP contribution is 2.29. The van der Waals surface area contributed by atoms with Gasteiger partial charge in [0.15, 0.2) is 5.13 Å². The van der Waals surface area contributed by atoms with Crippen LogP contribution >= 0.6 is 11.3 Å². The topological polar surface area (TPSA) is 45.7 Å². The van der Waals surface area contributed by atoms with Crippen molar-refractivity contribution in [3.8, 4) is 5.75 Å². The van der Waals surface area contributed by atoms with Crippen molar-refractivity contribution in [1.82, 2.24) is 9.88 Å². The predicted molar refractivity (Wildman–Crippen MR) is 101 cm³/mol. The summed E-state index contributed by atoms with van der Waals surface area (Å²) in [6.07, 6.45) is 0. The van der Waals surface area contributed by atoms with Crippen LogP contribution < -0.4 is 9.64 Å². The van der Waals surface area contributed by atoms with Crippen molar-refractivity contribution in [1.29, 1.82) is 0 Å². The second-order valence-corrected chi connectivity index (χ2v) is 6.98. The van der Waals surface area contributed by atoms with E-state index in [-0.39, 0.29) is 5.91 Å². The Hall–Kier alpha value is -2.60. The number of ether oxygens (including phenoxy) is 1. The first-order chi connectivity index (χ1) is 12.2. The highest BCUT2D eigenvalue weighted by Gasteiger charge is 2.24. The Balaban J connectivity index is 1.44. The normalized spacial score (nSPS) is 14.8. The molecule has 6 heteroatoms. The highest BCUT2D eigenvalue weighted by molar-refractivity contribution is 7.22. The van der Waals surface area contributed by atoms with E-state index >= 15 is 0 Å². The molecule has 1 aliphatic rings. The van der Waals surface area contributed by atoms with Crippen LogP contribution in [0.5, 0.6) is 5.75 Å². The lowest BCUT2D eigenvalue weighted by Crippen LogP contribution is -2.48. The monoisotopic (exact) mass is 353 g/mol. The molecule has 128 valence electrons. The molecule has 1 saturated heterocycles. The fraction of sp³-hybridized carbons (Fsp3) is 0.263. The summed E-state index contributed by atoms with van der Waals surface area (Å²) >= 11 is 1.71. The average Bonchev–Trinajstić information content (AvgIpc) is 3.12. The molecule has 5 nitrogen and oxygen atoms in total. The first-order valence-electron chi connectivity index (χ1n) is 8.28. The van der Waals surface area contributed by atoms with E-state index in [2.05, 4.69) is 11.0 Å². The number of hydrogen-bond acceptors (Lipinski definition) is 5. The van der Waals surface area contributed by atoms with Crippen molar-refractivity contribution in [2.45, 2.75) is 0 Å². The zero-order chi connectivity index (χ0) is 17.2. The Morgan fingerprint density at radius 3 is 2.64 bits per heavy atom. The summed E-state index contributed by atoms with van der Waals surface area (Å²) < 4.78 is 6.41. The molecule has 25 heavy (non-hydrogen) atoms. The van der Waals surface area contributed by atoms with Crippen LogP contribution in [0.1, 0.15) is 10.4 Å². The van der Waals surface area contributed by atoms with Gasteiger partial charge in [0.05, 0.1) is 17.3 Å². The molecule has 0 N–H and O–H groups in total. The number of carbonyl (C=O) groups excluding carboxylic acids is 1. The van der Waals surface area contributed by atoms with Crippen LogP contribution in [0.25, 0.3) is 10.2 Å². The van der Waals surface area contributed by atoms with Gasteiger partial charge in [0.25, 0.3) is 5.91 Å². The van der Waals surface area contributed by atoms with Crippen LogP contribution in [0.15, 0.2) is 48.5 Å². The van der Waals surface area contributed by atoms with Crippen molar-refractivity contribution < 1.29 is 9.53 Å². The van der Waals surface area contributed by atoms with Gasteiger partial charge < -0.3 is 14.5 Å². The molecule has 0 unspecified atom stereocenters. The largest absolute Gasteiger partial charge is 0.497 e. The fourth-order valence-electron chi connectivity index (χ4n) is 3.03. The molecule has 2 heterocycles. The smallest absolute Gasteiger partial charge is 0.254 e. The standard InChI is InChI=1S/C19H19N3O2S/c1-24-15-6-4-5-14(13-15)18(23)21-9-11-22(12-10-21)19-20-16-7-2-3-8-17(16)25-19/h2-8,13H,9-12H2,1H3. The number of piperazine rings is 1. The maximum atomic E-state index is 12.7. The lowest BCUT2D eigenvalue weighted by molar-refractivity contribution is 0.0746. The minimum Gasteiger partial charge on any atom is -0.497 e. The maximum absolute atomic E-state index is 12.7. The molecule has 1 aliphatic heterocycles. The van der Waals surface area contributed by atoms with Crippen LogP contribution in [0, 0.1) is 0 Å². The maximum Gasteiger partial charge on any atom is 0.254 e. The van der Waals surface area contributed by atoms with Crippen molar-refractivity contribution >= 4 is 32.6 Å². The Bertz CT molecular complexity index is 867. The minimum atomic E-state index is 0.0582. The number of benzene rings is 2. The number of amides is 1. The Morgan fingerprint density at radius 2 is 1.88 bits per heavy atom. The number of methoxy groups -OCH3 is 1. The van der Waals surface area contributed by atoms with Crippen molar-refractivity contribution in [3.05, 3.63) is 54.1 Å². The molecule has 0 bridgehead atoms. The van der Waals surface area contributed by atoms with Crippen molar-refractivity contribution in [2.24, 2.45) is 0 Å². The molecule has 2 aromatic carbocycles. The molecule has 1 aromatic heterocycles. The predicted octanol–water partition coefficient (Wildman–Crippen LogP) is 3.27. The second-order valence-electron chi connectivity index (χ2n) is 5.98. The highest BCUT2D eigenvalue weighted by atomic mass is 32.1. The third kappa shape index (κ3) is 3.17. The van der Waals surface area contributed by atoms with Gasteiger partial charge in [-0.3, -0.25) is 4.79 Å². The minimum absolute atomic E-state index is 0.0582. The van der Waals surface area contributed by atoms with Gasteiger partial charge in [0, 0.05) is 31.7 Å². The van der Waals surface area contributed by atoms with Gasteiger partial charge in [0.2, 0.25) is 0 Å². The molecule has 0 saturated carbocycles. The molecular formula is C19H19N3O2S. The number of para-hydroxylation sites is 1. The van der Waals surface area contributed by atoms with Crippen molar-refractivity contribution in [3.63, 3.8) is 0 Å². The Morgan fingerprint density at radius 1 is 1.08 bits per heavy atom. The van der Waals surface area contributed by atoms with Gasteiger partial charge in [-0.05, 0) is 30.3 Å². The number of rotatable bonds is 3. The van der Waals surface area contributed by atoms with E-state index in [0.717, 1.165) is 23.7 Å². The second kappa shape index (κ2) is 6.72. The van der Waals surface area contributed by atoms with E-state index < -0.39 is 0 Å². The molecule has 4 rings (SSSR count). The lowest BCUT2D eigenvalue weighted by atomic mass is 10.1. The van der Waals surface area contributed by atoms with Crippen LogP contribution in [-0.4, -0.2) is 49.1 Å². The molecule has 0 aliphatic carbocycles. The number of nitrogens with zero attached hydrogens (tertiary/aromatic N) is 3. The van der Waals surface area contributed by atoms with Gasteiger partial charge >= 0.3 is 0 Å². The molecule has 0 atom stereocenters. The number of fused-ring (bicyclic) bond motifs is 1. The number of carbonyl (C=O) groups is 1. The lowest BCUT2D eigenvalue weighted by Gasteiger charge is -2.34. The van der Waals surface area contributed by atoms with Gasteiger partial charge in [-0.2, -0.15) is 0 Å². The summed E-state index contributed by atoms with van der Waals surface area (Å²) in [7, 11) is 1.61. The molecule has 3 aromatic rings. The van der Waals surface area contributed by atoms with Gasteiger partial charge in [-0.25, -0.2) is 4.98 Å². The zero-order valence-corrected chi connectivity index (χ0v) is 14.8.